The molecule has 0 aliphatic heterocycles. The van der Waals surface area contributed by atoms with Crippen LogP contribution in [0.25, 0.3) is 11.0 Å². The van der Waals surface area contributed by atoms with Crippen molar-refractivity contribution in [3.05, 3.63) is 53.5 Å². The van der Waals surface area contributed by atoms with Crippen LogP contribution in [0, 0.1) is 6.92 Å². The van der Waals surface area contributed by atoms with Crippen molar-refractivity contribution in [2.24, 2.45) is 7.05 Å². The highest BCUT2D eigenvalue weighted by atomic mass is 16.5. The second kappa shape index (κ2) is 4.58. The Morgan fingerprint density at radius 1 is 1.24 bits per heavy atom. The lowest BCUT2D eigenvalue weighted by atomic mass is 10.1. The van der Waals surface area contributed by atoms with Crippen LogP contribution in [0.15, 0.2) is 36.5 Å². The van der Waals surface area contributed by atoms with Gasteiger partial charge in [0.25, 0.3) is 0 Å². The van der Waals surface area contributed by atoms with Crippen LogP contribution in [-0.2, 0) is 13.5 Å². The Bertz CT molecular complexity index is 822. The van der Waals surface area contributed by atoms with Gasteiger partial charge in [0.05, 0.1) is 5.52 Å². The van der Waals surface area contributed by atoms with Crippen molar-refractivity contribution >= 4 is 11.0 Å². The number of imidazole rings is 1. The van der Waals surface area contributed by atoms with E-state index in [9.17, 15) is 0 Å². The average Bonchev–Trinajstić information content (AvgIpc) is 3.03. The van der Waals surface area contributed by atoms with Crippen molar-refractivity contribution in [1.82, 2.24) is 14.5 Å². The predicted octanol–water partition coefficient (Wildman–Crippen LogP) is 3.34. The fraction of sp³-hybridized carbons (Fsp3) is 0.294. The van der Waals surface area contributed by atoms with E-state index in [4.69, 9.17) is 4.74 Å². The highest BCUT2D eigenvalue weighted by Crippen LogP contribution is 2.35. The average molecular weight is 279 g/mol. The van der Waals surface area contributed by atoms with Gasteiger partial charge in [-0.25, -0.2) is 9.97 Å². The summed E-state index contributed by atoms with van der Waals surface area (Å²) in [5, 5.41) is 0. The number of aromatic nitrogens is 3. The van der Waals surface area contributed by atoms with Crippen LogP contribution in [0.4, 0.5) is 0 Å². The van der Waals surface area contributed by atoms with Crippen molar-refractivity contribution in [3.63, 3.8) is 0 Å². The fourth-order valence-electron chi connectivity index (χ4n) is 3.07. The van der Waals surface area contributed by atoms with Crippen molar-refractivity contribution in [2.45, 2.75) is 25.9 Å². The number of fused-ring (bicyclic) bond motifs is 2. The molecule has 0 spiro atoms. The number of aryl methyl sites for hydroxylation is 3. The summed E-state index contributed by atoms with van der Waals surface area (Å²) >= 11 is 0. The summed E-state index contributed by atoms with van der Waals surface area (Å²) in [6.07, 6.45) is 3.95. The third kappa shape index (κ3) is 1.90. The molecule has 4 nitrogen and oxygen atoms in total. The molecule has 4 rings (SSSR count). The first kappa shape index (κ1) is 12.4. The Kier molecular flexibility index (Phi) is 2.70. The van der Waals surface area contributed by atoms with Crippen molar-refractivity contribution in [2.75, 3.05) is 0 Å². The Hall–Kier alpha value is -2.36. The maximum atomic E-state index is 6.20. The minimum Gasteiger partial charge on any atom is -0.468 e. The lowest BCUT2D eigenvalue weighted by Gasteiger charge is -2.14. The number of ether oxygens (including phenoxy) is 1. The van der Waals surface area contributed by atoms with Gasteiger partial charge in [-0.05, 0) is 37.0 Å². The highest BCUT2D eigenvalue weighted by molar-refractivity contribution is 5.80. The van der Waals surface area contributed by atoms with Gasteiger partial charge in [0.15, 0.2) is 5.52 Å². The first-order chi connectivity index (χ1) is 10.2. The summed E-state index contributed by atoms with van der Waals surface area (Å²) in [5.41, 5.74) is 4.57. The Balaban J connectivity index is 1.74. The molecule has 1 aliphatic carbocycles. The topological polar surface area (TPSA) is 39.9 Å². The van der Waals surface area contributed by atoms with E-state index < -0.39 is 0 Å². The number of hydrogen-bond acceptors (Lipinski definition) is 3. The maximum Gasteiger partial charge on any atom is 0.242 e. The van der Waals surface area contributed by atoms with Crippen molar-refractivity contribution in [1.29, 1.82) is 0 Å². The van der Waals surface area contributed by atoms with E-state index in [1.54, 1.807) is 6.20 Å². The Labute approximate surface area is 123 Å². The van der Waals surface area contributed by atoms with Crippen LogP contribution >= 0.6 is 0 Å². The van der Waals surface area contributed by atoms with Gasteiger partial charge in [0, 0.05) is 13.2 Å². The molecular formula is C17H17N3O. The zero-order valence-corrected chi connectivity index (χ0v) is 12.2. The van der Waals surface area contributed by atoms with Crippen LogP contribution in [0.3, 0.4) is 0 Å². The second-order valence-electron chi connectivity index (χ2n) is 5.55. The molecular weight excluding hydrogens is 262 g/mol. The van der Waals surface area contributed by atoms with E-state index in [2.05, 4.69) is 38.8 Å². The molecule has 2 heterocycles. The standard InChI is InChI=1S/C17H17N3O/c1-11-19-16-14(20(11)2)9-10-18-17(16)21-15-8-7-12-5-3-4-6-13(12)15/h3-6,9-10,15H,7-8H2,1-2H3. The monoisotopic (exact) mass is 279 g/mol. The van der Waals surface area contributed by atoms with Crippen LogP contribution in [-0.4, -0.2) is 14.5 Å². The zero-order chi connectivity index (χ0) is 14.4. The summed E-state index contributed by atoms with van der Waals surface area (Å²) in [4.78, 5) is 8.99. The minimum atomic E-state index is 0.0848. The van der Waals surface area contributed by atoms with Gasteiger partial charge >= 0.3 is 0 Å². The van der Waals surface area contributed by atoms with Gasteiger partial charge in [-0.2, -0.15) is 0 Å². The van der Waals surface area contributed by atoms with Crippen LogP contribution < -0.4 is 4.74 Å². The molecule has 0 N–H and O–H groups in total. The third-order valence-corrected chi connectivity index (χ3v) is 4.32. The van der Waals surface area contributed by atoms with E-state index >= 15 is 0 Å². The zero-order valence-electron chi connectivity index (χ0n) is 12.2. The normalized spacial score (nSPS) is 17.1. The van der Waals surface area contributed by atoms with Crippen LogP contribution in [0.2, 0.25) is 0 Å². The molecule has 0 amide bonds. The molecule has 0 fully saturated rings. The highest BCUT2D eigenvalue weighted by Gasteiger charge is 2.25. The molecule has 1 aliphatic rings. The molecule has 3 aromatic rings. The summed E-state index contributed by atoms with van der Waals surface area (Å²) in [7, 11) is 2.01. The molecule has 106 valence electrons. The van der Waals surface area contributed by atoms with Gasteiger partial charge in [0.1, 0.15) is 11.9 Å². The molecule has 4 heteroatoms. The van der Waals surface area contributed by atoms with Crippen molar-refractivity contribution in [3.8, 4) is 5.88 Å². The number of rotatable bonds is 2. The molecule has 1 aromatic carbocycles. The Morgan fingerprint density at radius 2 is 2.10 bits per heavy atom. The number of nitrogens with zero attached hydrogens (tertiary/aromatic N) is 3. The molecule has 0 saturated heterocycles. The van der Waals surface area contributed by atoms with Gasteiger partial charge in [-0.1, -0.05) is 24.3 Å². The molecule has 1 atom stereocenters. The van der Waals surface area contributed by atoms with Crippen molar-refractivity contribution < 1.29 is 4.74 Å². The summed E-state index contributed by atoms with van der Waals surface area (Å²) in [5.74, 6) is 1.60. The largest absolute Gasteiger partial charge is 0.468 e. The minimum absolute atomic E-state index is 0.0848. The molecule has 1 unspecified atom stereocenters. The molecule has 0 bridgehead atoms. The number of hydrogen-bond donors (Lipinski definition) is 0. The smallest absolute Gasteiger partial charge is 0.242 e. The predicted molar refractivity (Wildman–Crippen MR) is 81.4 cm³/mol. The molecule has 2 aromatic heterocycles. The van der Waals surface area contributed by atoms with Gasteiger partial charge in [0.2, 0.25) is 5.88 Å². The second-order valence-corrected chi connectivity index (χ2v) is 5.55. The van der Waals surface area contributed by atoms with Crippen LogP contribution in [0.1, 0.15) is 29.5 Å². The molecule has 21 heavy (non-hydrogen) atoms. The molecule has 0 radical (unpaired) electrons. The SMILES string of the molecule is Cc1nc2c(OC3CCc4ccccc43)nccc2n1C. The van der Waals surface area contributed by atoms with E-state index in [1.165, 1.54) is 11.1 Å². The number of benzene rings is 1. The van der Waals surface area contributed by atoms with E-state index in [0.717, 1.165) is 29.7 Å². The Morgan fingerprint density at radius 3 is 3.00 bits per heavy atom. The number of pyridine rings is 1. The lowest BCUT2D eigenvalue weighted by molar-refractivity contribution is 0.201. The van der Waals surface area contributed by atoms with Gasteiger partial charge in [-0.15, -0.1) is 0 Å². The molecule has 0 saturated carbocycles. The van der Waals surface area contributed by atoms with E-state index in [-0.39, 0.29) is 6.10 Å². The fourth-order valence-corrected chi connectivity index (χ4v) is 3.07. The van der Waals surface area contributed by atoms with Crippen LogP contribution in [0.5, 0.6) is 5.88 Å². The summed E-state index contributed by atoms with van der Waals surface area (Å²) in [6, 6.07) is 10.5. The lowest BCUT2D eigenvalue weighted by Crippen LogP contribution is -2.05. The van der Waals surface area contributed by atoms with E-state index in [1.807, 2.05) is 20.0 Å². The maximum absolute atomic E-state index is 6.20. The quantitative estimate of drug-likeness (QED) is 0.722. The first-order valence-electron chi connectivity index (χ1n) is 7.26. The first-order valence-corrected chi connectivity index (χ1v) is 7.26. The summed E-state index contributed by atoms with van der Waals surface area (Å²) < 4.78 is 8.26. The summed E-state index contributed by atoms with van der Waals surface area (Å²) in [6.45, 7) is 1.99. The van der Waals surface area contributed by atoms with Gasteiger partial charge in [-0.3, -0.25) is 0 Å². The van der Waals surface area contributed by atoms with E-state index in [0.29, 0.717) is 5.88 Å². The van der Waals surface area contributed by atoms with Gasteiger partial charge < -0.3 is 9.30 Å². The third-order valence-electron chi connectivity index (χ3n) is 4.32.